The maximum absolute atomic E-state index is 9.92. The minimum atomic E-state index is 0.119. The zero-order valence-corrected chi connectivity index (χ0v) is 17.1. The van der Waals surface area contributed by atoms with Crippen molar-refractivity contribution < 1.29 is 5.11 Å². The monoisotopic (exact) mass is 420 g/mol. The third-order valence-corrected chi connectivity index (χ3v) is 5.06. The smallest absolute Gasteiger partial charge is 0.141 e. The highest BCUT2D eigenvalue weighted by molar-refractivity contribution is 5.84. The molecule has 0 unspecified atom stereocenters. The largest absolute Gasteiger partial charge is 0.506 e. The van der Waals surface area contributed by atoms with Crippen LogP contribution in [0.5, 0.6) is 5.75 Å². The number of hydrogen-bond donors (Lipinski definition) is 2. The summed E-state index contributed by atoms with van der Waals surface area (Å²) in [5.41, 5.74) is 4.42. The lowest BCUT2D eigenvalue weighted by Gasteiger charge is -2.09. The molecule has 32 heavy (non-hydrogen) atoms. The van der Waals surface area contributed by atoms with Gasteiger partial charge in [0.05, 0.1) is 18.3 Å². The van der Waals surface area contributed by atoms with Gasteiger partial charge in [-0.3, -0.25) is 9.67 Å². The van der Waals surface area contributed by atoms with Crippen molar-refractivity contribution in [3.63, 3.8) is 0 Å². The van der Waals surface area contributed by atoms with E-state index in [1.807, 2.05) is 47.3 Å². The lowest BCUT2D eigenvalue weighted by molar-refractivity contribution is 0.471. The number of nitrogens with zero attached hydrogens (tertiary/aromatic N) is 5. The Morgan fingerprint density at radius 1 is 0.938 bits per heavy atom. The second-order valence-electron chi connectivity index (χ2n) is 7.25. The van der Waals surface area contributed by atoms with Crippen molar-refractivity contribution in [3.8, 4) is 5.75 Å². The van der Waals surface area contributed by atoms with Crippen LogP contribution in [-0.4, -0.2) is 29.8 Å². The number of hydrogen-bond acceptors (Lipinski definition) is 6. The number of benzene rings is 2. The maximum atomic E-state index is 9.92. The van der Waals surface area contributed by atoms with Crippen molar-refractivity contribution in [1.29, 1.82) is 0 Å². The summed E-state index contributed by atoms with van der Waals surface area (Å²) in [4.78, 5) is 12.7. The molecule has 0 saturated carbocycles. The van der Waals surface area contributed by atoms with Gasteiger partial charge in [0.25, 0.3) is 0 Å². The molecule has 0 fully saturated rings. The standard InChI is InChI=1S/C25H20N6O/c32-24-7-4-12-27-22(24)10-8-19-14-26-17-28-25(19)30-21-9-11-23-20(13-21)15-29-31(23)16-18-5-2-1-3-6-18/h1-15,17,32H,16H2,(H,26,28,30)/b10-8+. The molecule has 0 aliphatic heterocycles. The molecule has 5 aromatic rings. The van der Waals surface area contributed by atoms with E-state index in [0.29, 0.717) is 11.5 Å². The number of rotatable bonds is 6. The Morgan fingerprint density at radius 2 is 1.84 bits per heavy atom. The molecule has 3 aromatic heterocycles. The van der Waals surface area contributed by atoms with Gasteiger partial charge in [-0.2, -0.15) is 5.10 Å². The van der Waals surface area contributed by atoms with Crippen molar-refractivity contribution in [2.45, 2.75) is 6.54 Å². The Bertz CT molecular complexity index is 1390. The number of aromatic hydroxyl groups is 1. The van der Waals surface area contributed by atoms with Gasteiger partial charge in [0.2, 0.25) is 0 Å². The van der Waals surface area contributed by atoms with Crippen LogP contribution in [0.3, 0.4) is 0 Å². The molecule has 7 heteroatoms. The van der Waals surface area contributed by atoms with E-state index in [1.54, 1.807) is 30.6 Å². The molecule has 0 aliphatic rings. The molecule has 0 amide bonds. The molecule has 5 rings (SSSR count). The summed E-state index contributed by atoms with van der Waals surface area (Å²) in [7, 11) is 0. The minimum Gasteiger partial charge on any atom is -0.506 e. The molecule has 2 aromatic carbocycles. The molecule has 0 radical (unpaired) electrons. The van der Waals surface area contributed by atoms with Gasteiger partial charge in [0, 0.05) is 29.0 Å². The topological polar surface area (TPSA) is 88.8 Å². The van der Waals surface area contributed by atoms with E-state index < -0.39 is 0 Å². The molecule has 156 valence electrons. The third kappa shape index (κ3) is 4.17. The van der Waals surface area contributed by atoms with Crippen LogP contribution in [-0.2, 0) is 6.54 Å². The van der Waals surface area contributed by atoms with E-state index in [2.05, 4.69) is 43.6 Å². The summed E-state index contributed by atoms with van der Waals surface area (Å²) < 4.78 is 1.99. The highest BCUT2D eigenvalue weighted by Gasteiger charge is 2.07. The zero-order chi connectivity index (χ0) is 21.8. The molecule has 0 bridgehead atoms. The Kier molecular flexibility index (Phi) is 5.28. The second-order valence-corrected chi connectivity index (χ2v) is 7.25. The quantitative estimate of drug-likeness (QED) is 0.407. The normalized spacial score (nSPS) is 11.2. The fourth-order valence-electron chi connectivity index (χ4n) is 3.46. The highest BCUT2D eigenvalue weighted by atomic mass is 16.3. The van der Waals surface area contributed by atoms with Crippen LogP contribution < -0.4 is 5.32 Å². The number of anilines is 2. The van der Waals surface area contributed by atoms with Gasteiger partial charge in [-0.1, -0.05) is 30.3 Å². The van der Waals surface area contributed by atoms with Crippen molar-refractivity contribution in [3.05, 3.63) is 102 Å². The van der Waals surface area contributed by atoms with Gasteiger partial charge in [0.1, 0.15) is 23.6 Å². The third-order valence-electron chi connectivity index (χ3n) is 5.06. The molecule has 3 heterocycles. The zero-order valence-electron chi connectivity index (χ0n) is 17.1. The fourth-order valence-corrected chi connectivity index (χ4v) is 3.46. The molecular formula is C25H20N6O. The van der Waals surface area contributed by atoms with Crippen molar-refractivity contribution >= 4 is 34.6 Å². The first kappa shape index (κ1) is 19.4. The van der Waals surface area contributed by atoms with E-state index in [9.17, 15) is 5.11 Å². The number of nitrogens with one attached hydrogen (secondary N) is 1. The molecular weight excluding hydrogens is 400 g/mol. The first-order chi connectivity index (χ1) is 15.8. The molecule has 0 spiro atoms. The minimum absolute atomic E-state index is 0.119. The average molecular weight is 420 g/mol. The SMILES string of the molecule is Oc1cccnc1/C=C/c1cncnc1Nc1ccc2c(cnn2Cc2ccccc2)c1. The van der Waals surface area contributed by atoms with E-state index in [0.717, 1.165) is 28.7 Å². The summed E-state index contributed by atoms with van der Waals surface area (Å²) in [6.07, 6.45) is 10.3. The summed E-state index contributed by atoms with van der Waals surface area (Å²) in [5.74, 6) is 0.774. The number of fused-ring (bicyclic) bond motifs is 1. The molecule has 0 atom stereocenters. The molecule has 0 saturated heterocycles. The van der Waals surface area contributed by atoms with Gasteiger partial charge in [-0.25, -0.2) is 9.97 Å². The van der Waals surface area contributed by atoms with Crippen molar-refractivity contribution in [2.75, 3.05) is 5.32 Å². The van der Waals surface area contributed by atoms with Crippen LogP contribution >= 0.6 is 0 Å². The van der Waals surface area contributed by atoms with E-state index in [1.165, 1.54) is 11.9 Å². The summed E-state index contributed by atoms with van der Waals surface area (Å²) in [5, 5.41) is 18.9. The van der Waals surface area contributed by atoms with Crippen molar-refractivity contribution in [2.24, 2.45) is 0 Å². The summed E-state index contributed by atoms with van der Waals surface area (Å²) in [6.45, 7) is 0.721. The van der Waals surface area contributed by atoms with Crippen LogP contribution in [0, 0.1) is 0 Å². The summed E-state index contributed by atoms with van der Waals surface area (Å²) in [6, 6.07) is 19.7. The molecule has 2 N–H and O–H groups in total. The first-order valence-electron chi connectivity index (χ1n) is 10.1. The van der Waals surface area contributed by atoms with Crippen LogP contribution in [0.1, 0.15) is 16.8 Å². The van der Waals surface area contributed by atoms with Crippen molar-refractivity contribution in [1.82, 2.24) is 24.7 Å². The average Bonchev–Trinajstić information content (AvgIpc) is 3.22. The Hall–Kier alpha value is -4.52. The van der Waals surface area contributed by atoms with Gasteiger partial charge < -0.3 is 10.4 Å². The number of pyridine rings is 1. The maximum Gasteiger partial charge on any atom is 0.141 e. The van der Waals surface area contributed by atoms with E-state index in [4.69, 9.17) is 0 Å². The van der Waals surface area contributed by atoms with Crippen LogP contribution in [0.25, 0.3) is 23.1 Å². The first-order valence-corrected chi connectivity index (χ1v) is 10.1. The van der Waals surface area contributed by atoms with Gasteiger partial charge in [0.15, 0.2) is 0 Å². The fraction of sp³-hybridized carbons (Fsp3) is 0.0400. The van der Waals surface area contributed by atoms with E-state index >= 15 is 0 Å². The van der Waals surface area contributed by atoms with E-state index in [-0.39, 0.29) is 5.75 Å². The lowest BCUT2D eigenvalue weighted by Crippen LogP contribution is -2.01. The highest BCUT2D eigenvalue weighted by Crippen LogP contribution is 2.25. The molecule has 7 nitrogen and oxygen atoms in total. The Morgan fingerprint density at radius 3 is 2.72 bits per heavy atom. The predicted octanol–water partition coefficient (Wildman–Crippen LogP) is 4.89. The van der Waals surface area contributed by atoms with Crippen LogP contribution in [0.4, 0.5) is 11.5 Å². The van der Waals surface area contributed by atoms with Crippen LogP contribution in [0.2, 0.25) is 0 Å². The number of aromatic nitrogens is 5. The van der Waals surface area contributed by atoms with Gasteiger partial charge >= 0.3 is 0 Å². The Balaban J connectivity index is 1.39. The van der Waals surface area contributed by atoms with Gasteiger partial charge in [-0.15, -0.1) is 0 Å². The second kappa shape index (κ2) is 8.69. The van der Waals surface area contributed by atoms with Crippen LogP contribution in [0.15, 0.2) is 85.6 Å². The molecule has 0 aliphatic carbocycles. The van der Waals surface area contributed by atoms with Gasteiger partial charge in [-0.05, 0) is 48.0 Å². The lowest BCUT2D eigenvalue weighted by atomic mass is 10.2. The Labute approximate surface area is 184 Å². The summed E-state index contributed by atoms with van der Waals surface area (Å²) >= 11 is 0. The predicted molar refractivity (Wildman–Crippen MR) is 125 cm³/mol.